The molecule has 0 radical (unpaired) electrons. The van der Waals surface area contributed by atoms with Crippen molar-refractivity contribution in [3.05, 3.63) is 56.7 Å². The molecule has 1 aromatic carbocycles. The zero-order chi connectivity index (χ0) is 17.3. The van der Waals surface area contributed by atoms with Gasteiger partial charge in [0.2, 0.25) is 0 Å². The van der Waals surface area contributed by atoms with E-state index in [0.29, 0.717) is 29.4 Å². The molecule has 128 valence electrons. The summed E-state index contributed by atoms with van der Waals surface area (Å²) < 4.78 is 28.2. The number of hydrogen-bond acceptors (Lipinski definition) is 3. The second-order valence-corrected chi connectivity index (χ2v) is 7.63. The van der Waals surface area contributed by atoms with E-state index in [4.69, 9.17) is 11.6 Å². The molecule has 2 heterocycles. The number of nitrogens with zero attached hydrogens (tertiary/aromatic N) is 1. The van der Waals surface area contributed by atoms with Crippen molar-refractivity contribution in [2.24, 2.45) is 5.92 Å². The first-order valence-electron chi connectivity index (χ1n) is 7.62. The highest BCUT2D eigenvalue weighted by Gasteiger charge is 2.33. The summed E-state index contributed by atoms with van der Waals surface area (Å²) in [5, 5.41) is 9.31. The topological polar surface area (TPSA) is 40.5 Å². The normalized spacial score (nSPS) is 20.0. The van der Waals surface area contributed by atoms with Crippen LogP contribution < -0.4 is 0 Å². The number of piperidine rings is 1. The van der Waals surface area contributed by atoms with Crippen molar-refractivity contribution in [1.29, 1.82) is 0 Å². The van der Waals surface area contributed by atoms with Crippen LogP contribution in [-0.2, 0) is 4.79 Å². The number of benzene rings is 1. The third-order valence-corrected chi connectivity index (χ3v) is 5.57. The van der Waals surface area contributed by atoms with Crippen molar-refractivity contribution in [1.82, 2.24) is 4.90 Å². The Balaban J connectivity index is 2.00. The van der Waals surface area contributed by atoms with E-state index in [-0.39, 0.29) is 0 Å². The van der Waals surface area contributed by atoms with E-state index in [1.165, 1.54) is 23.5 Å². The fourth-order valence-corrected chi connectivity index (χ4v) is 4.39. The lowest BCUT2D eigenvalue weighted by Gasteiger charge is -2.37. The van der Waals surface area contributed by atoms with Gasteiger partial charge in [-0.15, -0.1) is 11.3 Å². The van der Waals surface area contributed by atoms with Gasteiger partial charge in [0.25, 0.3) is 0 Å². The summed E-state index contributed by atoms with van der Waals surface area (Å²) in [6.07, 6.45) is 1.32. The molecule has 0 bridgehead atoms. The Morgan fingerprint density at radius 2 is 2.12 bits per heavy atom. The van der Waals surface area contributed by atoms with Crippen LogP contribution in [0.4, 0.5) is 8.78 Å². The van der Waals surface area contributed by atoms with Crippen LogP contribution in [0.5, 0.6) is 0 Å². The Bertz CT molecular complexity index is 752. The molecule has 2 atom stereocenters. The predicted molar refractivity (Wildman–Crippen MR) is 89.5 cm³/mol. The molecule has 1 N–H and O–H groups in total. The smallest absolute Gasteiger partial charge is 0.307 e. The maximum Gasteiger partial charge on any atom is 0.307 e. The number of hydrogen-bond donors (Lipinski definition) is 1. The second-order valence-electron chi connectivity index (χ2n) is 5.88. The van der Waals surface area contributed by atoms with E-state index in [2.05, 4.69) is 0 Å². The standard InChI is InChI=1S/C17H16ClF2NO2S/c18-15-6-5-14(24-15)16(12-4-3-11(19)8-13(12)20)21-7-1-2-10(9-21)17(22)23/h3-6,8,10,16H,1-2,7,9H2,(H,22,23). The number of likely N-dealkylation sites (tertiary alicyclic amines) is 1. The first-order valence-corrected chi connectivity index (χ1v) is 8.82. The number of rotatable bonds is 4. The largest absolute Gasteiger partial charge is 0.481 e. The molecule has 0 spiro atoms. The summed E-state index contributed by atoms with van der Waals surface area (Å²) in [5.74, 6) is -2.61. The van der Waals surface area contributed by atoms with Crippen molar-refractivity contribution in [3.8, 4) is 0 Å². The third kappa shape index (κ3) is 3.61. The van der Waals surface area contributed by atoms with Gasteiger partial charge in [-0.2, -0.15) is 0 Å². The van der Waals surface area contributed by atoms with Gasteiger partial charge >= 0.3 is 5.97 Å². The SMILES string of the molecule is O=C(O)C1CCCN(C(c2ccc(Cl)s2)c2ccc(F)cc2F)C1. The molecule has 1 saturated heterocycles. The molecule has 1 fully saturated rings. The van der Waals surface area contributed by atoms with Crippen molar-refractivity contribution in [3.63, 3.8) is 0 Å². The minimum atomic E-state index is -0.845. The Labute approximate surface area is 147 Å². The summed E-state index contributed by atoms with van der Waals surface area (Å²) >= 11 is 7.35. The molecule has 0 aliphatic carbocycles. The average Bonchev–Trinajstić information content (AvgIpc) is 2.96. The fraction of sp³-hybridized carbons (Fsp3) is 0.353. The quantitative estimate of drug-likeness (QED) is 0.856. The van der Waals surface area contributed by atoms with Crippen LogP contribution in [0.1, 0.15) is 29.3 Å². The van der Waals surface area contributed by atoms with E-state index in [1.807, 2.05) is 11.0 Å². The van der Waals surface area contributed by atoms with Gasteiger partial charge in [0.05, 0.1) is 16.3 Å². The van der Waals surface area contributed by atoms with Gasteiger partial charge in [-0.1, -0.05) is 17.7 Å². The molecule has 7 heteroatoms. The number of carboxylic acid groups (broad SMARTS) is 1. The van der Waals surface area contributed by atoms with Crippen LogP contribution in [-0.4, -0.2) is 29.1 Å². The lowest BCUT2D eigenvalue weighted by molar-refractivity contribution is -0.143. The van der Waals surface area contributed by atoms with Gasteiger partial charge in [0.15, 0.2) is 0 Å². The molecule has 0 saturated carbocycles. The fourth-order valence-electron chi connectivity index (χ4n) is 3.17. The molecule has 24 heavy (non-hydrogen) atoms. The van der Waals surface area contributed by atoms with Gasteiger partial charge in [-0.25, -0.2) is 8.78 Å². The second kappa shape index (κ2) is 7.17. The Morgan fingerprint density at radius 1 is 1.33 bits per heavy atom. The molecule has 3 nitrogen and oxygen atoms in total. The van der Waals surface area contributed by atoms with Gasteiger partial charge in [0.1, 0.15) is 11.6 Å². The number of halogens is 3. The summed E-state index contributed by atoms with van der Waals surface area (Å²) in [4.78, 5) is 14.1. The minimum Gasteiger partial charge on any atom is -0.481 e. The van der Waals surface area contributed by atoms with Gasteiger partial charge in [-0.3, -0.25) is 9.69 Å². The molecule has 2 aromatic rings. The zero-order valence-electron chi connectivity index (χ0n) is 12.7. The van der Waals surface area contributed by atoms with Crippen LogP contribution >= 0.6 is 22.9 Å². The Morgan fingerprint density at radius 3 is 2.75 bits per heavy atom. The zero-order valence-corrected chi connectivity index (χ0v) is 14.3. The lowest BCUT2D eigenvalue weighted by Crippen LogP contribution is -2.41. The van der Waals surface area contributed by atoms with Crippen molar-refractivity contribution in [2.75, 3.05) is 13.1 Å². The summed E-state index contributed by atoms with van der Waals surface area (Å²) in [6, 6.07) is 6.58. The predicted octanol–water partition coefficient (Wildman–Crippen LogP) is 4.57. The molecule has 1 aliphatic heterocycles. The van der Waals surface area contributed by atoms with Crippen molar-refractivity contribution in [2.45, 2.75) is 18.9 Å². The third-order valence-electron chi connectivity index (χ3n) is 4.29. The van der Waals surface area contributed by atoms with Crippen molar-refractivity contribution < 1.29 is 18.7 Å². The van der Waals surface area contributed by atoms with Crippen LogP contribution in [0.2, 0.25) is 4.34 Å². The monoisotopic (exact) mass is 371 g/mol. The molecular formula is C17H16ClF2NO2S. The molecule has 1 aliphatic rings. The highest BCUT2D eigenvalue weighted by Crippen LogP contribution is 2.38. The van der Waals surface area contributed by atoms with Crippen LogP contribution in [0.3, 0.4) is 0 Å². The van der Waals surface area contributed by atoms with Crippen LogP contribution in [0, 0.1) is 17.6 Å². The molecule has 3 rings (SSSR count). The highest BCUT2D eigenvalue weighted by atomic mass is 35.5. The van der Waals surface area contributed by atoms with Crippen LogP contribution in [0.15, 0.2) is 30.3 Å². The maximum atomic E-state index is 14.4. The van der Waals surface area contributed by atoms with Gasteiger partial charge < -0.3 is 5.11 Å². The van der Waals surface area contributed by atoms with Gasteiger partial charge in [0, 0.05) is 23.1 Å². The Kier molecular flexibility index (Phi) is 5.18. The average molecular weight is 372 g/mol. The summed E-state index contributed by atoms with van der Waals surface area (Å²) in [7, 11) is 0. The van der Waals surface area contributed by atoms with E-state index in [9.17, 15) is 18.7 Å². The summed E-state index contributed by atoms with van der Waals surface area (Å²) in [5.41, 5.74) is 0.334. The molecule has 1 aromatic heterocycles. The van der Waals surface area contributed by atoms with E-state index < -0.39 is 29.6 Å². The van der Waals surface area contributed by atoms with E-state index in [0.717, 1.165) is 17.4 Å². The Hall–Kier alpha value is -1.50. The van der Waals surface area contributed by atoms with E-state index in [1.54, 1.807) is 6.07 Å². The molecular weight excluding hydrogens is 356 g/mol. The highest BCUT2D eigenvalue weighted by molar-refractivity contribution is 7.16. The first-order chi connectivity index (χ1) is 11.5. The summed E-state index contributed by atoms with van der Waals surface area (Å²) in [6.45, 7) is 0.979. The first kappa shape index (κ1) is 17.3. The van der Waals surface area contributed by atoms with Gasteiger partial charge in [-0.05, 0) is 37.6 Å². The molecule has 2 unspecified atom stereocenters. The van der Waals surface area contributed by atoms with Crippen molar-refractivity contribution >= 4 is 28.9 Å². The number of carboxylic acids is 1. The molecule has 0 amide bonds. The number of aliphatic carboxylic acids is 1. The van der Waals surface area contributed by atoms with E-state index >= 15 is 0 Å². The minimum absolute atomic E-state index is 0.326. The number of thiophene rings is 1. The van der Waals surface area contributed by atoms with Crippen LogP contribution in [0.25, 0.3) is 0 Å². The lowest BCUT2D eigenvalue weighted by atomic mass is 9.94. The maximum absolute atomic E-state index is 14.4. The number of carbonyl (C=O) groups is 1.